The van der Waals surface area contributed by atoms with Crippen molar-refractivity contribution in [2.45, 2.75) is 0 Å². The standard InChI is InChI=1S/C8H6ClN5/c9-6-4-7(10)8(12-5-6)2-1-3-13-14-11/h4-5H,3,10H2. The first kappa shape index (κ1) is 10.2. The molecular formula is C8H6ClN5. The molecule has 0 aliphatic rings. The van der Waals surface area contributed by atoms with Crippen LogP contribution in [0.15, 0.2) is 17.4 Å². The third-order valence-electron chi connectivity index (χ3n) is 1.30. The van der Waals surface area contributed by atoms with Gasteiger partial charge in [0.05, 0.1) is 17.3 Å². The Kier molecular flexibility index (Phi) is 3.62. The summed E-state index contributed by atoms with van der Waals surface area (Å²) in [6.45, 7) is 0.0975. The van der Waals surface area contributed by atoms with Gasteiger partial charge >= 0.3 is 0 Å². The highest BCUT2D eigenvalue weighted by Crippen LogP contribution is 2.13. The van der Waals surface area contributed by atoms with Gasteiger partial charge < -0.3 is 5.73 Å². The highest BCUT2D eigenvalue weighted by Gasteiger charge is 1.96. The maximum atomic E-state index is 7.99. The second kappa shape index (κ2) is 4.97. The van der Waals surface area contributed by atoms with Gasteiger partial charge in [0.15, 0.2) is 0 Å². The zero-order valence-corrected chi connectivity index (χ0v) is 7.86. The molecule has 0 aliphatic heterocycles. The zero-order valence-electron chi connectivity index (χ0n) is 7.11. The second-order valence-electron chi connectivity index (χ2n) is 2.28. The van der Waals surface area contributed by atoms with Crippen LogP contribution in [-0.2, 0) is 0 Å². The van der Waals surface area contributed by atoms with Crippen LogP contribution >= 0.6 is 11.6 Å². The monoisotopic (exact) mass is 207 g/mol. The van der Waals surface area contributed by atoms with Crippen molar-refractivity contribution < 1.29 is 0 Å². The Balaban J connectivity index is 2.84. The Morgan fingerprint density at radius 2 is 2.50 bits per heavy atom. The van der Waals surface area contributed by atoms with Crippen molar-refractivity contribution in [2.24, 2.45) is 5.11 Å². The predicted molar refractivity (Wildman–Crippen MR) is 54.6 cm³/mol. The number of aromatic nitrogens is 1. The molecule has 14 heavy (non-hydrogen) atoms. The number of hydrogen-bond acceptors (Lipinski definition) is 3. The summed E-state index contributed by atoms with van der Waals surface area (Å²) in [5.41, 5.74) is 14.4. The molecule has 0 saturated carbocycles. The van der Waals surface area contributed by atoms with Gasteiger partial charge in [0.25, 0.3) is 0 Å². The van der Waals surface area contributed by atoms with E-state index in [0.29, 0.717) is 16.4 Å². The minimum Gasteiger partial charge on any atom is -0.396 e. The number of halogens is 1. The third kappa shape index (κ3) is 2.87. The number of rotatable bonds is 1. The highest BCUT2D eigenvalue weighted by molar-refractivity contribution is 6.30. The molecule has 0 bridgehead atoms. The summed E-state index contributed by atoms with van der Waals surface area (Å²) in [4.78, 5) is 6.46. The average molecular weight is 208 g/mol. The molecule has 6 heteroatoms. The molecule has 1 aromatic heterocycles. The maximum absolute atomic E-state index is 7.99. The van der Waals surface area contributed by atoms with E-state index in [1.165, 1.54) is 6.20 Å². The fourth-order valence-electron chi connectivity index (χ4n) is 0.750. The predicted octanol–water partition coefficient (Wildman–Crippen LogP) is 1.98. The lowest BCUT2D eigenvalue weighted by atomic mass is 10.3. The quantitative estimate of drug-likeness (QED) is 0.330. The summed E-state index contributed by atoms with van der Waals surface area (Å²) in [6, 6.07) is 1.56. The Labute approximate surface area is 85.5 Å². The van der Waals surface area contributed by atoms with Crippen molar-refractivity contribution in [3.8, 4) is 11.8 Å². The molecule has 2 N–H and O–H groups in total. The van der Waals surface area contributed by atoms with Gasteiger partial charge in [0.1, 0.15) is 5.69 Å². The average Bonchev–Trinajstić information content (AvgIpc) is 2.15. The van der Waals surface area contributed by atoms with Crippen molar-refractivity contribution in [3.63, 3.8) is 0 Å². The molecule has 0 fully saturated rings. The van der Waals surface area contributed by atoms with E-state index < -0.39 is 0 Å². The first-order chi connectivity index (χ1) is 6.74. The van der Waals surface area contributed by atoms with Crippen LogP contribution in [0, 0.1) is 11.8 Å². The SMILES string of the molecule is [N-]=[N+]=NCC#Cc1ncc(Cl)cc1N. The third-order valence-corrected chi connectivity index (χ3v) is 1.51. The first-order valence-electron chi connectivity index (χ1n) is 3.65. The van der Waals surface area contributed by atoms with Crippen LogP contribution in [0.3, 0.4) is 0 Å². The summed E-state index contributed by atoms with van der Waals surface area (Å²) < 4.78 is 0. The summed E-state index contributed by atoms with van der Waals surface area (Å²) in [5, 5.41) is 3.71. The van der Waals surface area contributed by atoms with E-state index >= 15 is 0 Å². The molecule has 0 aromatic carbocycles. The minimum absolute atomic E-state index is 0.0975. The van der Waals surface area contributed by atoms with Crippen molar-refractivity contribution in [2.75, 3.05) is 12.3 Å². The number of hydrogen-bond donors (Lipinski definition) is 1. The summed E-state index contributed by atoms with van der Waals surface area (Å²) in [6.07, 6.45) is 1.45. The smallest absolute Gasteiger partial charge is 0.136 e. The Bertz CT molecular complexity index is 439. The van der Waals surface area contributed by atoms with Crippen LogP contribution in [-0.4, -0.2) is 11.5 Å². The number of nitrogen functional groups attached to an aromatic ring is 1. The zero-order chi connectivity index (χ0) is 10.4. The van der Waals surface area contributed by atoms with Gasteiger partial charge in [-0.3, -0.25) is 0 Å². The van der Waals surface area contributed by atoms with E-state index in [4.69, 9.17) is 22.9 Å². The lowest BCUT2D eigenvalue weighted by Crippen LogP contribution is -1.93. The molecule has 70 valence electrons. The van der Waals surface area contributed by atoms with Crippen LogP contribution in [0.25, 0.3) is 10.4 Å². The molecule has 0 saturated heterocycles. The summed E-state index contributed by atoms with van der Waals surface area (Å²) >= 11 is 5.64. The van der Waals surface area contributed by atoms with E-state index in [0.717, 1.165) is 0 Å². The van der Waals surface area contributed by atoms with Crippen LogP contribution in [0.2, 0.25) is 5.02 Å². The van der Waals surface area contributed by atoms with Gasteiger partial charge in [-0.15, -0.1) is 0 Å². The van der Waals surface area contributed by atoms with Crippen LogP contribution in [0.1, 0.15) is 5.69 Å². The normalized spacial score (nSPS) is 8.36. The van der Waals surface area contributed by atoms with Crippen molar-refractivity contribution >= 4 is 17.3 Å². The molecule has 0 unspecified atom stereocenters. The first-order valence-corrected chi connectivity index (χ1v) is 4.02. The minimum atomic E-state index is 0.0975. The van der Waals surface area contributed by atoms with E-state index in [9.17, 15) is 0 Å². The molecule has 1 heterocycles. The molecule has 0 amide bonds. The summed E-state index contributed by atoms with van der Waals surface area (Å²) in [7, 11) is 0. The van der Waals surface area contributed by atoms with Gasteiger partial charge in [-0.2, -0.15) is 0 Å². The topological polar surface area (TPSA) is 87.7 Å². The van der Waals surface area contributed by atoms with Crippen molar-refractivity contribution in [1.29, 1.82) is 0 Å². The van der Waals surface area contributed by atoms with Crippen LogP contribution < -0.4 is 5.73 Å². The van der Waals surface area contributed by atoms with E-state index in [-0.39, 0.29) is 6.54 Å². The Morgan fingerprint density at radius 3 is 3.14 bits per heavy atom. The molecule has 0 atom stereocenters. The van der Waals surface area contributed by atoms with Gasteiger partial charge in [-0.1, -0.05) is 22.6 Å². The van der Waals surface area contributed by atoms with Crippen LogP contribution in [0.4, 0.5) is 5.69 Å². The number of anilines is 1. The van der Waals surface area contributed by atoms with E-state index in [1.54, 1.807) is 6.07 Å². The molecule has 0 spiro atoms. The molecule has 0 radical (unpaired) electrons. The number of pyridine rings is 1. The maximum Gasteiger partial charge on any atom is 0.136 e. The number of nitrogens with two attached hydrogens (primary N) is 1. The van der Waals surface area contributed by atoms with E-state index in [2.05, 4.69) is 26.9 Å². The fourth-order valence-corrected chi connectivity index (χ4v) is 0.916. The lowest BCUT2D eigenvalue weighted by molar-refractivity contribution is 1.24. The Morgan fingerprint density at radius 1 is 1.71 bits per heavy atom. The molecule has 1 rings (SSSR count). The largest absolute Gasteiger partial charge is 0.396 e. The molecular weight excluding hydrogens is 202 g/mol. The highest BCUT2D eigenvalue weighted by atomic mass is 35.5. The van der Waals surface area contributed by atoms with Crippen molar-refractivity contribution in [3.05, 3.63) is 33.4 Å². The molecule has 1 aromatic rings. The van der Waals surface area contributed by atoms with Crippen molar-refractivity contribution in [1.82, 2.24) is 4.98 Å². The summed E-state index contributed by atoms with van der Waals surface area (Å²) in [5.74, 6) is 5.27. The number of azide groups is 1. The van der Waals surface area contributed by atoms with Gasteiger partial charge in [-0.25, -0.2) is 4.98 Å². The Hall–Kier alpha value is -1.89. The van der Waals surface area contributed by atoms with E-state index in [1.807, 2.05) is 0 Å². The second-order valence-corrected chi connectivity index (χ2v) is 2.72. The lowest BCUT2D eigenvalue weighted by Gasteiger charge is -1.96. The molecule has 5 nitrogen and oxygen atoms in total. The van der Waals surface area contributed by atoms with Gasteiger partial charge in [-0.05, 0) is 17.5 Å². The number of nitrogens with zero attached hydrogens (tertiary/aromatic N) is 4. The molecule has 0 aliphatic carbocycles. The van der Waals surface area contributed by atoms with Gasteiger partial charge in [0, 0.05) is 11.1 Å². The van der Waals surface area contributed by atoms with Gasteiger partial charge in [0.2, 0.25) is 0 Å². The van der Waals surface area contributed by atoms with Crippen LogP contribution in [0.5, 0.6) is 0 Å². The fraction of sp³-hybridized carbons (Fsp3) is 0.125.